The summed E-state index contributed by atoms with van der Waals surface area (Å²) in [5, 5.41) is 0. The van der Waals surface area contributed by atoms with Crippen LogP contribution in [0.25, 0.3) is 0 Å². The number of anilines is 1. The average Bonchev–Trinajstić information content (AvgIpc) is 2.54. The Bertz CT molecular complexity index is 528. The number of benzene rings is 1. The van der Waals surface area contributed by atoms with Crippen LogP contribution in [0.4, 0.5) is 5.69 Å². The molecule has 0 aliphatic carbocycles. The summed E-state index contributed by atoms with van der Waals surface area (Å²) < 4.78 is 0. The monoisotopic (exact) mass is 296 g/mol. The molecule has 0 amide bonds. The minimum absolute atomic E-state index is 0.728. The Labute approximate surface area is 132 Å². The number of nitrogens with zero attached hydrogens (tertiary/aromatic N) is 3. The zero-order chi connectivity index (χ0) is 15.4. The number of hydrogen-bond acceptors (Lipinski definition) is 4. The van der Waals surface area contributed by atoms with E-state index in [4.69, 9.17) is 5.73 Å². The minimum Gasteiger partial charge on any atom is -0.397 e. The molecule has 1 fully saturated rings. The molecule has 0 bridgehead atoms. The Hall–Kier alpha value is -1.91. The summed E-state index contributed by atoms with van der Waals surface area (Å²) in [4.78, 5) is 9.37. The molecule has 1 saturated heterocycles. The molecular weight excluding hydrogens is 272 g/mol. The summed E-state index contributed by atoms with van der Waals surface area (Å²) in [5.74, 6) is 0. The maximum absolute atomic E-state index is 5.68. The molecule has 2 aromatic rings. The first kappa shape index (κ1) is 15.0. The van der Waals surface area contributed by atoms with Gasteiger partial charge in [-0.3, -0.25) is 14.8 Å². The van der Waals surface area contributed by atoms with Gasteiger partial charge in [0.1, 0.15) is 0 Å². The number of nitrogen functional groups attached to an aromatic ring is 1. The maximum atomic E-state index is 5.68. The Morgan fingerprint density at radius 2 is 1.55 bits per heavy atom. The quantitative estimate of drug-likeness (QED) is 0.940. The predicted molar refractivity (Wildman–Crippen MR) is 90.4 cm³/mol. The lowest BCUT2D eigenvalue weighted by molar-refractivity contribution is 0.121. The van der Waals surface area contributed by atoms with Gasteiger partial charge in [-0.05, 0) is 24.6 Å². The second-order valence-electron chi connectivity index (χ2n) is 6.12. The number of pyridine rings is 1. The zero-order valence-electron chi connectivity index (χ0n) is 13.2. The van der Waals surface area contributed by atoms with Crippen molar-refractivity contribution in [3.8, 4) is 0 Å². The lowest BCUT2D eigenvalue weighted by Crippen LogP contribution is -2.45. The molecule has 0 saturated carbocycles. The molecule has 116 valence electrons. The zero-order valence-corrected chi connectivity index (χ0v) is 13.2. The van der Waals surface area contributed by atoms with E-state index in [0.717, 1.165) is 50.6 Å². The van der Waals surface area contributed by atoms with Crippen LogP contribution in [0.5, 0.6) is 0 Å². The molecule has 3 rings (SSSR count). The lowest BCUT2D eigenvalue weighted by atomic mass is 10.1. The third-order valence-electron chi connectivity index (χ3n) is 4.22. The highest BCUT2D eigenvalue weighted by Gasteiger charge is 2.17. The van der Waals surface area contributed by atoms with Crippen molar-refractivity contribution < 1.29 is 0 Å². The maximum Gasteiger partial charge on any atom is 0.0545 e. The van der Waals surface area contributed by atoms with E-state index in [1.807, 2.05) is 12.1 Å². The molecule has 4 heteroatoms. The fourth-order valence-electron chi connectivity index (χ4n) is 2.82. The topological polar surface area (TPSA) is 45.4 Å². The molecule has 22 heavy (non-hydrogen) atoms. The van der Waals surface area contributed by atoms with Gasteiger partial charge in [0.15, 0.2) is 0 Å². The van der Waals surface area contributed by atoms with Crippen molar-refractivity contribution in [3.63, 3.8) is 0 Å². The SMILES string of the molecule is Cc1ccc(CN2CCN(Cc3ccc(N)cn3)CC2)cc1. The second kappa shape index (κ2) is 6.90. The molecule has 0 atom stereocenters. The van der Waals surface area contributed by atoms with E-state index in [0.29, 0.717) is 0 Å². The molecular formula is C18H24N4. The van der Waals surface area contributed by atoms with Gasteiger partial charge >= 0.3 is 0 Å². The molecule has 0 unspecified atom stereocenters. The molecule has 2 heterocycles. The fraction of sp³-hybridized carbons (Fsp3) is 0.389. The Morgan fingerprint density at radius 3 is 2.14 bits per heavy atom. The largest absolute Gasteiger partial charge is 0.397 e. The molecule has 2 N–H and O–H groups in total. The van der Waals surface area contributed by atoms with Crippen LogP contribution >= 0.6 is 0 Å². The summed E-state index contributed by atoms with van der Waals surface area (Å²) in [5.41, 5.74) is 10.2. The van der Waals surface area contributed by atoms with Gasteiger partial charge in [0.05, 0.1) is 17.6 Å². The Morgan fingerprint density at radius 1 is 0.909 bits per heavy atom. The van der Waals surface area contributed by atoms with Crippen molar-refractivity contribution in [1.82, 2.24) is 14.8 Å². The van der Waals surface area contributed by atoms with E-state index in [9.17, 15) is 0 Å². The van der Waals surface area contributed by atoms with Crippen LogP contribution in [-0.2, 0) is 13.1 Å². The highest BCUT2D eigenvalue weighted by Crippen LogP contribution is 2.12. The fourth-order valence-corrected chi connectivity index (χ4v) is 2.82. The van der Waals surface area contributed by atoms with Crippen LogP contribution in [0.2, 0.25) is 0 Å². The first-order chi connectivity index (χ1) is 10.7. The van der Waals surface area contributed by atoms with Gasteiger partial charge in [0.25, 0.3) is 0 Å². The number of piperazine rings is 1. The van der Waals surface area contributed by atoms with Crippen molar-refractivity contribution >= 4 is 5.69 Å². The number of hydrogen-bond donors (Lipinski definition) is 1. The van der Waals surface area contributed by atoms with Crippen molar-refractivity contribution in [1.29, 1.82) is 0 Å². The van der Waals surface area contributed by atoms with Crippen LogP contribution in [0, 0.1) is 6.92 Å². The lowest BCUT2D eigenvalue weighted by Gasteiger charge is -2.34. The van der Waals surface area contributed by atoms with Gasteiger partial charge in [-0.15, -0.1) is 0 Å². The smallest absolute Gasteiger partial charge is 0.0545 e. The first-order valence-electron chi connectivity index (χ1n) is 7.90. The number of rotatable bonds is 4. The molecule has 0 spiro atoms. The van der Waals surface area contributed by atoms with E-state index in [2.05, 4.69) is 46.0 Å². The third kappa shape index (κ3) is 4.06. The van der Waals surface area contributed by atoms with Crippen LogP contribution in [0.15, 0.2) is 42.6 Å². The van der Waals surface area contributed by atoms with Gasteiger partial charge < -0.3 is 5.73 Å². The van der Waals surface area contributed by atoms with E-state index in [1.165, 1.54) is 11.1 Å². The molecule has 4 nitrogen and oxygen atoms in total. The standard InChI is InChI=1S/C18H24N4/c1-15-2-4-16(5-3-15)13-21-8-10-22(11-9-21)14-18-7-6-17(19)12-20-18/h2-7,12H,8-11,13-14,19H2,1H3. The number of aromatic nitrogens is 1. The molecule has 1 aromatic heterocycles. The molecule has 1 aromatic carbocycles. The Kier molecular flexibility index (Phi) is 4.71. The summed E-state index contributed by atoms with van der Waals surface area (Å²) in [6.45, 7) is 8.52. The van der Waals surface area contributed by atoms with Crippen LogP contribution in [-0.4, -0.2) is 41.0 Å². The summed E-state index contributed by atoms with van der Waals surface area (Å²) >= 11 is 0. The molecule has 1 aliphatic heterocycles. The normalized spacial score (nSPS) is 16.8. The average molecular weight is 296 g/mol. The predicted octanol–water partition coefficient (Wildman–Crippen LogP) is 2.29. The summed E-state index contributed by atoms with van der Waals surface area (Å²) in [6.07, 6.45) is 1.74. The first-order valence-corrected chi connectivity index (χ1v) is 7.90. The summed E-state index contributed by atoms with van der Waals surface area (Å²) in [6, 6.07) is 12.8. The summed E-state index contributed by atoms with van der Waals surface area (Å²) in [7, 11) is 0. The van der Waals surface area contributed by atoms with Crippen molar-refractivity contribution in [2.45, 2.75) is 20.0 Å². The van der Waals surface area contributed by atoms with E-state index in [-0.39, 0.29) is 0 Å². The van der Waals surface area contributed by atoms with Gasteiger partial charge in [0, 0.05) is 39.3 Å². The highest BCUT2D eigenvalue weighted by atomic mass is 15.3. The highest BCUT2D eigenvalue weighted by molar-refractivity contribution is 5.34. The van der Waals surface area contributed by atoms with E-state index >= 15 is 0 Å². The number of aryl methyl sites for hydroxylation is 1. The van der Waals surface area contributed by atoms with Crippen LogP contribution in [0.1, 0.15) is 16.8 Å². The van der Waals surface area contributed by atoms with Crippen molar-refractivity contribution in [2.75, 3.05) is 31.9 Å². The van der Waals surface area contributed by atoms with E-state index in [1.54, 1.807) is 6.20 Å². The van der Waals surface area contributed by atoms with Gasteiger partial charge in [-0.2, -0.15) is 0 Å². The van der Waals surface area contributed by atoms with Crippen LogP contribution in [0.3, 0.4) is 0 Å². The van der Waals surface area contributed by atoms with Crippen molar-refractivity contribution in [2.24, 2.45) is 0 Å². The van der Waals surface area contributed by atoms with Crippen LogP contribution < -0.4 is 5.73 Å². The van der Waals surface area contributed by atoms with E-state index < -0.39 is 0 Å². The van der Waals surface area contributed by atoms with Crippen molar-refractivity contribution in [3.05, 3.63) is 59.4 Å². The Balaban J connectivity index is 1.47. The third-order valence-corrected chi connectivity index (χ3v) is 4.22. The number of nitrogens with two attached hydrogens (primary N) is 1. The van der Waals surface area contributed by atoms with Gasteiger partial charge in [0.2, 0.25) is 0 Å². The minimum atomic E-state index is 0.728. The molecule has 0 radical (unpaired) electrons. The second-order valence-corrected chi connectivity index (χ2v) is 6.12. The molecule has 1 aliphatic rings. The van der Waals surface area contributed by atoms with Gasteiger partial charge in [-0.1, -0.05) is 29.8 Å². The van der Waals surface area contributed by atoms with Gasteiger partial charge in [-0.25, -0.2) is 0 Å².